The highest BCUT2D eigenvalue weighted by molar-refractivity contribution is 5.96. The van der Waals surface area contributed by atoms with E-state index in [0.717, 1.165) is 0 Å². The minimum absolute atomic E-state index is 0.224. The highest BCUT2D eigenvalue weighted by Crippen LogP contribution is 2.63. The van der Waals surface area contributed by atoms with Crippen LogP contribution in [0.25, 0.3) is 22.3 Å². The molecule has 0 fully saturated rings. The van der Waals surface area contributed by atoms with Gasteiger partial charge in [-0.2, -0.15) is 0 Å². The van der Waals surface area contributed by atoms with E-state index >= 15 is 0 Å². The summed E-state index contributed by atoms with van der Waals surface area (Å²) in [7, 11) is 0. The predicted molar refractivity (Wildman–Crippen MR) is 131 cm³/mol. The maximum absolute atomic E-state index is 2.44. The lowest BCUT2D eigenvalue weighted by atomic mass is 9.70. The molecule has 4 aromatic rings. The molecule has 0 nitrogen and oxygen atoms in total. The highest BCUT2D eigenvalue weighted by atomic mass is 14.5. The molecule has 0 heterocycles. The molecule has 0 amide bonds. The molecule has 0 aliphatic heterocycles. The van der Waals surface area contributed by atoms with Gasteiger partial charge in [0.15, 0.2) is 0 Å². The fourth-order valence-electron chi connectivity index (χ4n) is 6.08. The van der Waals surface area contributed by atoms with Gasteiger partial charge in [0.2, 0.25) is 0 Å². The van der Waals surface area contributed by atoms with E-state index in [1.165, 1.54) is 55.6 Å². The normalized spacial score (nSPS) is 17.7. The van der Waals surface area contributed by atoms with Crippen molar-refractivity contribution in [2.75, 3.05) is 0 Å². The average molecular weight is 401 g/mol. The van der Waals surface area contributed by atoms with Crippen LogP contribution in [0.5, 0.6) is 0 Å². The second-order valence-electron chi connectivity index (χ2n) is 9.73. The number of fused-ring (bicyclic) bond motifs is 10. The minimum Gasteiger partial charge on any atom is -0.0619 e. The summed E-state index contributed by atoms with van der Waals surface area (Å²) in [5.74, 6) is 1.00. The van der Waals surface area contributed by atoms with Crippen molar-refractivity contribution in [3.8, 4) is 22.3 Å². The molecule has 6 rings (SSSR count). The molecule has 0 aromatic heterocycles. The van der Waals surface area contributed by atoms with Crippen LogP contribution in [0.4, 0.5) is 0 Å². The summed E-state index contributed by atoms with van der Waals surface area (Å²) in [6.45, 7) is 9.20. The van der Waals surface area contributed by atoms with E-state index in [0.29, 0.717) is 11.8 Å². The molecule has 1 unspecified atom stereocenters. The van der Waals surface area contributed by atoms with E-state index in [1.54, 1.807) is 0 Å². The Morgan fingerprint density at radius 3 is 1.84 bits per heavy atom. The smallest absolute Gasteiger partial charge is 0.0619 e. The number of hydrogen-bond acceptors (Lipinski definition) is 0. The number of benzene rings is 4. The standard InChI is InChI=1S/C31H28/c1-19(2)21-16-17-28-25(18-21)23-10-5-7-13-26(23)31(28)27-14-8-6-11-24(27)30-22(20(3)4)12-9-15-29(30)31/h5-20H,1-4H3. The first kappa shape index (κ1) is 18.6. The Morgan fingerprint density at radius 1 is 0.516 bits per heavy atom. The molecule has 31 heavy (non-hydrogen) atoms. The molecule has 0 bridgehead atoms. The van der Waals surface area contributed by atoms with Crippen LogP contribution < -0.4 is 0 Å². The van der Waals surface area contributed by atoms with Gasteiger partial charge in [-0.15, -0.1) is 0 Å². The molecule has 152 valence electrons. The van der Waals surface area contributed by atoms with Crippen LogP contribution in [0.3, 0.4) is 0 Å². The summed E-state index contributed by atoms with van der Waals surface area (Å²) in [5, 5.41) is 0. The Kier molecular flexibility index (Phi) is 3.87. The van der Waals surface area contributed by atoms with Crippen LogP contribution in [-0.2, 0) is 5.41 Å². The van der Waals surface area contributed by atoms with Crippen molar-refractivity contribution in [1.29, 1.82) is 0 Å². The fourth-order valence-corrected chi connectivity index (χ4v) is 6.08. The van der Waals surface area contributed by atoms with Gasteiger partial charge >= 0.3 is 0 Å². The van der Waals surface area contributed by atoms with Crippen molar-refractivity contribution in [3.63, 3.8) is 0 Å². The lowest BCUT2D eigenvalue weighted by Crippen LogP contribution is -2.25. The summed E-state index contributed by atoms with van der Waals surface area (Å²) < 4.78 is 0. The Hall–Kier alpha value is -3.12. The zero-order chi connectivity index (χ0) is 21.3. The van der Waals surface area contributed by atoms with E-state index in [9.17, 15) is 0 Å². The lowest BCUT2D eigenvalue weighted by Gasteiger charge is -2.30. The third kappa shape index (κ3) is 2.26. The molecule has 4 aromatic carbocycles. The Labute approximate surface area is 185 Å². The van der Waals surface area contributed by atoms with Gasteiger partial charge in [0.05, 0.1) is 5.41 Å². The lowest BCUT2D eigenvalue weighted by molar-refractivity contribution is 0.787. The molecule has 0 heteroatoms. The van der Waals surface area contributed by atoms with Crippen molar-refractivity contribution < 1.29 is 0 Å². The second kappa shape index (κ2) is 6.44. The second-order valence-corrected chi connectivity index (χ2v) is 9.73. The van der Waals surface area contributed by atoms with E-state index in [4.69, 9.17) is 0 Å². The summed E-state index contributed by atoms with van der Waals surface area (Å²) in [6, 6.07) is 32.4. The van der Waals surface area contributed by atoms with Crippen molar-refractivity contribution in [2.45, 2.75) is 44.9 Å². The van der Waals surface area contributed by atoms with Crippen LogP contribution >= 0.6 is 0 Å². The van der Waals surface area contributed by atoms with Crippen LogP contribution in [-0.4, -0.2) is 0 Å². The van der Waals surface area contributed by atoms with E-state index in [-0.39, 0.29) is 5.41 Å². The Morgan fingerprint density at radius 2 is 1.13 bits per heavy atom. The van der Waals surface area contributed by atoms with E-state index < -0.39 is 0 Å². The monoisotopic (exact) mass is 400 g/mol. The Bertz CT molecular complexity index is 1340. The van der Waals surface area contributed by atoms with E-state index in [2.05, 4.69) is 113 Å². The van der Waals surface area contributed by atoms with Gasteiger partial charge in [-0.25, -0.2) is 0 Å². The minimum atomic E-state index is -0.224. The Balaban J connectivity index is 1.81. The molecule has 2 aliphatic carbocycles. The average Bonchev–Trinajstić information content (AvgIpc) is 3.26. The van der Waals surface area contributed by atoms with E-state index in [1.807, 2.05) is 0 Å². The van der Waals surface area contributed by atoms with Crippen LogP contribution in [0.1, 0.15) is 72.9 Å². The number of hydrogen-bond donors (Lipinski definition) is 0. The van der Waals surface area contributed by atoms with Gasteiger partial charge < -0.3 is 0 Å². The molecule has 0 saturated carbocycles. The summed E-state index contributed by atoms with van der Waals surface area (Å²) >= 11 is 0. The molecular weight excluding hydrogens is 372 g/mol. The third-order valence-electron chi connectivity index (χ3n) is 7.46. The molecular formula is C31H28. The maximum atomic E-state index is 2.44. The van der Waals surface area contributed by atoms with Gasteiger partial charge in [0.25, 0.3) is 0 Å². The largest absolute Gasteiger partial charge is 0.0725 e. The molecule has 0 saturated heterocycles. The molecule has 0 radical (unpaired) electrons. The predicted octanol–water partition coefficient (Wildman–Crippen LogP) is 8.28. The first-order valence-electron chi connectivity index (χ1n) is 11.5. The van der Waals surface area contributed by atoms with Gasteiger partial charge in [-0.05, 0) is 67.5 Å². The SMILES string of the molecule is CC(C)c1ccc2c(c1)-c1ccccc1C21c2ccccc2-c2c(C(C)C)cccc21. The topological polar surface area (TPSA) is 0 Å². The zero-order valence-electron chi connectivity index (χ0n) is 18.7. The number of rotatable bonds is 2. The quantitative estimate of drug-likeness (QED) is 0.274. The maximum Gasteiger partial charge on any atom is 0.0725 e. The van der Waals surface area contributed by atoms with Crippen LogP contribution in [0, 0.1) is 0 Å². The molecule has 2 aliphatic rings. The van der Waals surface area contributed by atoms with Crippen molar-refractivity contribution in [1.82, 2.24) is 0 Å². The van der Waals surface area contributed by atoms with Crippen LogP contribution in [0.15, 0.2) is 84.9 Å². The van der Waals surface area contributed by atoms with Gasteiger partial charge in [0.1, 0.15) is 0 Å². The highest BCUT2D eigenvalue weighted by Gasteiger charge is 2.52. The molecule has 1 atom stereocenters. The summed E-state index contributed by atoms with van der Waals surface area (Å²) in [6.07, 6.45) is 0. The van der Waals surface area contributed by atoms with Gasteiger partial charge in [-0.3, -0.25) is 0 Å². The fraction of sp³-hybridized carbons (Fsp3) is 0.226. The van der Waals surface area contributed by atoms with Crippen molar-refractivity contribution in [3.05, 3.63) is 118 Å². The first-order valence-corrected chi connectivity index (χ1v) is 11.5. The molecule has 0 N–H and O–H groups in total. The molecule has 1 spiro atoms. The first-order chi connectivity index (χ1) is 15.0. The van der Waals surface area contributed by atoms with Gasteiger partial charge in [0, 0.05) is 0 Å². The van der Waals surface area contributed by atoms with Crippen molar-refractivity contribution in [2.24, 2.45) is 0 Å². The summed E-state index contributed by atoms with van der Waals surface area (Å²) in [4.78, 5) is 0. The van der Waals surface area contributed by atoms with Gasteiger partial charge in [-0.1, -0.05) is 113 Å². The van der Waals surface area contributed by atoms with Crippen molar-refractivity contribution >= 4 is 0 Å². The van der Waals surface area contributed by atoms with Crippen LogP contribution in [0.2, 0.25) is 0 Å². The third-order valence-corrected chi connectivity index (χ3v) is 7.46. The summed E-state index contributed by atoms with van der Waals surface area (Å²) in [5.41, 5.74) is 14.0. The zero-order valence-corrected chi connectivity index (χ0v) is 18.7.